The van der Waals surface area contributed by atoms with Crippen LogP contribution >= 0.6 is 0 Å². The van der Waals surface area contributed by atoms with Crippen molar-refractivity contribution >= 4 is 17.5 Å². The zero-order chi connectivity index (χ0) is 22.0. The second-order valence-electron chi connectivity index (χ2n) is 10.3. The molecule has 30 heavy (non-hydrogen) atoms. The van der Waals surface area contributed by atoms with Crippen molar-refractivity contribution in [1.29, 1.82) is 0 Å². The van der Waals surface area contributed by atoms with Crippen LogP contribution in [-0.2, 0) is 19.1 Å². The lowest BCUT2D eigenvalue weighted by molar-refractivity contribution is -0.153. The molecular weight excluding hydrogens is 387 g/mol. The minimum atomic E-state index is -1.23. The van der Waals surface area contributed by atoms with Crippen LogP contribution in [0.1, 0.15) is 47.0 Å². The molecule has 4 aliphatic carbocycles. The summed E-state index contributed by atoms with van der Waals surface area (Å²) >= 11 is 0. The molecule has 0 heterocycles. The normalized spacial score (nSPS) is 47.1. The molecule has 4 aliphatic rings. The predicted molar refractivity (Wildman–Crippen MR) is 108 cm³/mol. The molecule has 164 valence electrons. The van der Waals surface area contributed by atoms with Gasteiger partial charge in [-0.1, -0.05) is 26.8 Å². The van der Waals surface area contributed by atoms with Crippen LogP contribution in [-0.4, -0.2) is 41.5 Å². The summed E-state index contributed by atoms with van der Waals surface area (Å²) < 4.78 is 20.3. The first-order valence-electron chi connectivity index (χ1n) is 10.9. The lowest BCUT2D eigenvalue weighted by Crippen LogP contribution is -2.58. The number of allylic oxidation sites excluding steroid dienone is 4. The Kier molecular flexibility index (Phi) is 5.08. The van der Waals surface area contributed by atoms with Gasteiger partial charge in [0.2, 0.25) is 0 Å². The Morgan fingerprint density at radius 3 is 2.67 bits per heavy atom. The van der Waals surface area contributed by atoms with Crippen molar-refractivity contribution in [3.63, 3.8) is 0 Å². The summed E-state index contributed by atoms with van der Waals surface area (Å²) in [7, 11) is 0. The Morgan fingerprint density at radius 1 is 1.30 bits per heavy atom. The number of esters is 1. The van der Waals surface area contributed by atoms with Crippen molar-refractivity contribution in [2.45, 2.75) is 59.2 Å². The summed E-state index contributed by atoms with van der Waals surface area (Å²) in [5.41, 5.74) is -0.685. The lowest BCUT2D eigenvalue weighted by Gasteiger charge is -2.59. The number of aliphatic hydroxyl groups excluding tert-OH is 1. The number of carbonyl (C=O) groups is 3. The molecule has 3 fully saturated rings. The third-order valence-electron chi connectivity index (χ3n) is 8.58. The van der Waals surface area contributed by atoms with E-state index in [2.05, 4.69) is 0 Å². The number of ether oxygens (including phenoxy) is 1. The molecule has 0 saturated heterocycles. The highest BCUT2D eigenvalue weighted by atomic mass is 19.1. The van der Waals surface area contributed by atoms with Gasteiger partial charge in [0.05, 0.1) is 6.10 Å². The van der Waals surface area contributed by atoms with Gasteiger partial charge in [-0.3, -0.25) is 14.4 Å². The van der Waals surface area contributed by atoms with Gasteiger partial charge >= 0.3 is 5.97 Å². The Bertz CT molecular complexity index is 847. The number of halogens is 1. The zero-order valence-corrected chi connectivity index (χ0v) is 18.1. The molecule has 9 atom stereocenters. The zero-order valence-electron chi connectivity index (χ0n) is 18.1. The second kappa shape index (κ2) is 7.11. The van der Waals surface area contributed by atoms with Gasteiger partial charge in [-0.15, -0.1) is 0 Å². The molecular formula is C24H31FO5. The lowest BCUT2D eigenvalue weighted by atomic mass is 9.46. The third kappa shape index (κ3) is 3.02. The van der Waals surface area contributed by atoms with Crippen LogP contribution in [0.2, 0.25) is 0 Å². The largest absolute Gasteiger partial charge is 0.458 e. The summed E-state index contributed by atoms with van der Waals surface area (Å²) in [4.78, 5) is 36.1. The van der Waals surface area contributed by atoms with Crippen molar-refractivity contribution < 1.29 is 28.6 Å². The monoisotopic (exact) mass is 418 g/mol. The van der Waals surface area contributed by atoms with E-state index in [1.165, 1.54) is 19.1 Å². The Hall–Kier alpha value is -1.82. The van der Waals surface area contributed by atoms with E-state index < -0.39 is 29.1 Å². The molecule has 0 radical (unpaired) electrons. The smallest absolute Gasteiger partial charge is 0.303 e. The number of hydrogen-bond donors (Lipinski definition) is 1. The van der Waals surface area contributed by atoms with E-state index in [1.807, 2.05) is 20.8 Å². The fraction of sp³-hybridized carbons (Fsp3) is 0.708. The summed E-state index contributed by atoms with van der Waals surface area (Å²) in [6, 6.07) is 0. The van der Waals surface area contributed by atoms with Gasteiger partial charge < -0.3 is 9.84 Å². The average Bonchev–Trinajstić information content (AvgIpc) is 2.91. The van der Waals surface area contributed by atoms with E-state index >= 15 is 4.39 Å². The summed E-state index contributed by atoms with van der Waals surface area (Å²) in [5.74, 6) is -1.24. The molecule has 0 unspecified atom stereocenters. The molecule has 0 aromatic heterocycles. The average molecular weight is 419 g/mol. The number of aliphatic hydroxyl groups is 1. The van der Waals surface area contributed by atoms with Gasteiger partial charge in [-0.25, -0.2) is 4.39 Å². The van der Waals surface area contributed by atoms with Crippen molar-refractivity contribution in [3.05, 3.63) is 23.8 Å². The molecule has 3 saturated carbocycles. The van der Waals surface area contributed by atoms with Crippen LogP contribution < -0.4 is 0 Å². The van der Waals surface area contributed by atoms with Crippen LogP contribution in [0.5, 0.6) is 0 Å². The molecule has 6 heteroatoms. The first kappa shape index (κ1) is 21.4. The highest BCUT2D eigenvalue weighted by Gasteiger charge is 2.65. The third-order valence-corrected chi connectivity index (χ3v) is 8.58. The van der Waals surface area contributed by atoms with Crippen LogP contribution in [0.4, 0.5) is 4.39 Å². The Labute approximate surface area is 176 Å². The number of carbonyl (C=O) groups excluding carboxylic acids is 3. The van der Waals surface area contributed by atoms with Crippen LogP contribution in [0, 0.1) is 40.4 Å². The molecule has 5 nitrogen and oxygen atoms in total. The number of alkyl halides is 1. The summed E-state index contributed by atoms with van der Waals surface area (Å²) in [5, 5.41) is 11.3. The summed E-state index contributed by atoms with van der Waals surface area (Å²) in [6.45, 7) is 7.03. The second-order valence-corrected chi connectivity index (χ2v) is 10.3. The predicted octanol–water partition coefficient (Wildman–Crippen LogP) is 3.21. The van der Waals surface area contributed by atoms with E-state index in [0.29, 0.717) is 12.0 Å². The minimum absolute atomic E-state index is 0.0697. The SMILES string of the molecule is CC(=O)OCC(=O)[C@H]1[C@H](C)C[C@H]2[C@@H]3C[C@H](F)C4=CC(=O)C=C[C@]4(C)[C@@H]3[C@@H](O)C[C@@]21C. The van der Waals surface area contributed by atoms with Crippen LogP contribution in [0.15, 0.2) is 23.8 Å². The fourth-order valence-corrected chi connectivity index (χ4v) is 7.65. The molecule has 0 amide bonds. The van der Waals surface area contributed by atoms with Crippen molar-refractivity contribution in [2.24, 2.45) is 40.4 Å². The van der Waals surface area contributed by atoms with Crippen molar-refractivity contribution in [1.82, 2.24) is 0 Å². The van der Waals surface area contributed by atoms with E-state index in [1.54, 1.807) is 6.08 Å². The molecule has 0 spiro atoms. The van der Waals surface area contributed by atoms with E-state index in [9.17, 15) is 19.5 Å². The molecule has 0 aromatic carbocycles. The molecule has 0 bridgehead atoms. The number of fused-ring (bicyclic) bond motifs is 5. The van der Waals surface area contributed by atoms with Crippen molar-refractivity contribution in [3.8, 4) is 0 Å². The number of hydrogen-bond acceptors (Lipinski definition) is 5. The van der Waals surface area contributed by atoms with Gasteiger partial charge in [0.25, 0.3) is 0 Å². The standard InChI is InChI=1S/C24H31FO5/c1-12-7-16-15-9-18(25)17-8-14(27)5-6-23(17,3)22(15)19(28)10-24(16,4)21(12)20(29)11-30-13(2)26/h5-6,8,12,15-16,18-19,21-22,28H,7,9-11H2,1-4H3/t12-,15+,16+,18+,19+,21-,22+,23+,24+/m1/s1. The van der Waals surface area contributed by atoms with Gasteiger partial charge in [0.15, 0.2) is 11.6 Å². The first-order chi connectivity index (χ1) is 14.0. The molecule has 0 aliphatic heterocycles. The van der Waals surface area contributed by atoms with E-state index in [0.717, 1.165) is 6.42 Å². The maximum absolute atomic E-state index is 15.3. The topological polar surface area (TPSA) is 80.7 Å². The summed E-state index contributed by atoms with van der Waals surface area (Å²) in [6.07, 6.45) is 4.23. The quantitative estimate of drug-likeness (QED) is 0.712. The van der Waals surface area contributed by atoms with Gasteiger partial charge in [-0.05, 0) is 60.2 Å². The van der Waals surface area contributed by atoms with Gasteiger partial charge in [0.1, 0.15) is 12.8 Å². The highest BCUT2D eigenvalue weighted by molar-refractivity contribution is 6.01. The Morgan fingerprint density at radius 2 is 2.00 bits per heavy atom. The Balaban J connectivity index is 1.69. The van der Waals surface area contributed by atoms with Gasteiger partial charge in [-0.2, -0.15) is 0 Å². The molecule has 4 rings (SSSR count). The van der Waals surface area contributed by atoms with Crippen molar-refractivity contribution in [2.75, 3.05) is 6.61 Å². The maximum Gasteiger partial charge on any atom is 0.303 e. The van der Waals surface area contributed by atoms with Crippen LogP contribution in [0.25, 0.3) is 0 Å². The van der Waals surface area contributed by atoms with Gasteiger partial charge in [0, 0.05) is 24.2 Å². The fourth-order valence-electron chi connectivity index (χ4n) is 7.65. The molecule has 1 N–H and O–H groups in total. The maximum atomic E-state index is 15.3. The molecule has 0 aromatic rings. The van der Waals surface area contributed by atoms with E-state index in [4.69, 9.17) is 4.74 Å². The van der Waals surface area contributed by atoms with Crippen LogP contribution in [0.3, 0.4) is 0 Å². The van der Waals surface area contributed by atoms with E-state index in [-0.39, 0.29) is 54.2 Å². The number of Topliss-reactive ketones (excluding diaryl/α,β-unsaturated/α-hetero) is 1. The number of rotatable bonds is 3. The minimum Gasteiger partial charge on any atom is -0.458 e. The number of ketones is 2. The highest BCUT2D eigenvalue weighted by Crippen LogP contribution is 2.67. The first-order valence-corrected chi connectivity index (χ1v) is 10.9.